The van der Waals surface area contributed by atoms with Crippen LogP contribution in [0.5, 0.6) is 0 Å². The van der Waals surface area contributed by atoms with Crippen LogP contribution in [0.25, 0.3) is 0 Å². The van der Waals surface area contributed by atoms with E-state index < -0.39 is 0 Å². The Kier molecular flexibility index (Phi) is 4.10. The number of hydrogen-bond donors (Lipinski definition) is 3. The van der Waals surface area contributed by atoms with Crippen LogP contribution in [0.2, 0.25) is 0 Å². The molecule has 1 aromatic heterocycles. The smallest absolute Gasteiger partial charge is 0.318 e. The Bertz CT molecular complexity index is 621. The number of carbonyl (C=O) groups is 1. The van der Waals surface area contributed by atoms with E-state index in [1.807, 2.05) is 35.6 Å². The van der Waals surface area contributed by atoms with E-state index in [1.54, 1.807) is 7.05 Å². The third kappa shape index (κ3) is 3.19. The van der Waals surface area contributed by atoms with Crippen LogP contribution < -0.4 is 16.0 Å². The highest BCUT2D eigenvalue weighted by Crippen LogP contribution is 2.35. The number of benzene rings is 1. The van der Waals surface area contributed by atoms with E-state index in [0.717, 1.165) is 11.4 Å². The number of aryl methyl sites for hydroxylation is 1. The largest absolute Gasteiger partial charge is 0.378 e. The lowest BCUT2D eigenvalue weighted by atomic mass is 9.94. The zero-order valence-electron chi connectivity index (χ0n) is 12.0. The summed E-state index contributed by atoms with van der Waals surface area (Å²) in [4.78, 5) is 12.8. The Morgan fingerprint density at radius 1 is 1.19 bits per heavy atom. The molecule has 0 spiro atoms. The lowest BCUT2D eigenvalue weighted by Gasteiger charge is -2.24. The monoisotopic (exact) mass is 301 g/mol. The van der Waals surface area contributed by atoms with Crippen LogP contribution in [0.3, 0.4) is 0 Å². The molecule has 0 bridgehead atoms. The normalized spacial score (nSPS) is 16.9. The van der Waals surface area contributed by atoms with Crippen LogP contribution in [0.15, 0.2) is 35.7 Å². The SMILES string of the molecule is CNC(=O)Nc1ccc(NC2CCCc3sccc32)cc1. The van der Waals surface area contributed by atoms with Gasteiger partial charge >= 0.3 is 6.03 Å². The number of rotatable bonds is 3. The maximum absolute atomic E-state index is 11.3. The molecule has 1 aliphatic carbocycles. The average Bonchev–Trinajstić information content (AvgIpc) is 2.99. The summed E-state index contributed by atoms with van der Waals surface area (Å²) in [6.45, 7) is 0. The Morgan fingerprint density at radius 3 is 2.71 bits per heavy atom. The average molecular weight is 301 g/mol. The molecule has 1 heterocycles. The topological polar surface area (TPSA) is 53.2 Å². The number of nitrogens with one attached hydrogen (secondary N) is 3. The van der Waals surface area contributed by atoms with Gasteiger partial charge in [-0.15, -0.1) is 11.3 Å². The molecule has 0 fully saturated rings. The summed E-state index contributed by atoms with van der Waals surface area (Å²) < 4.78 is 0. The minimum Gasteiger partial charge on any atom is -0.378 e. The predicted molar refractivity (Wildman–Crippen MR) is 88.1 cm³/mol. The second-order valence-electron chi connectivity index (χ2n) is 5.17. The third-order valence-corrected chi connectivity index (χ3v) is 4.76. The standard InChI is InChI=1S/C16H19N3OS/c1-17-16(20)19-12-7-5-11(6-8-12)18-14-3-2-4-15-13(14)9-10-21-15/h5-10,14,18H,2-4H2,1H3,(H2,17,19,20). The molecule has 3 N–H and O–H groups in total. The highest BCUT2D eigenvalue weighted by Gasteiger charge is 2.20. The van der Waals surface area contributed by atoms with Gasteiger partial charge in [0.1, 0.15) is 0 Å². The molecule has 2 aromatic rings. The van der Waals surface area contributed by atoms with Gasteiger partial charge in [0.05, 0.1) is 6.04 Å². The molecule has 0 saturated heterocycles. The van der Waals surface area contributed by atoms with Gasteiger partial charge in [0.2, 0.25) is 0 Å². The summed E-state index contributed by atoms with van der Waals surface area (Å²) in [5.74, 6) is 0. The minimum absolute atomic E-state index is 0.203. The number of carbonyl (C=O) groups excluding carboxylic acids is 1. The first-order valence-corrected chi connectivity index (χ1v) is 8.06. The Labute approximate surface area is 128 Å². The molecule has 5 heteroatoms. The quantitative estimate of drug-likeness (QED) is 0.803. The van der Waals surface area contributed by atoms with E-state index in [4.69, 9.17) is 0 Å². The predicted octanol–water partition coefficient (Wildman–Crippen LogP) is 3.99. The molecule has 2 amide bonds. The van der Waals surface area contributed by atoms with Gasteiger partial charge in [-0.25, -0.2) is 4.79 Å². The molecular formula is C16H19N3OS. The first kappa shape index (κ1) is 13.9. The van der Waals surface area contributed by atoms with E-state index in [2.05, 4.69) is 27.4 Å². The van der Waals surface area contributed by atoms with Crippen molar-refractivity contribution in [3.63, 3.8) is 0 Å². The van der Waals surface area contributed by atoms with Gasteiger partial charge in [0.25, 0.3) is 0 Å². The van der Waals surface area contributed by atoms with Crippen LogP contribution in [0.1, 0.15) is 29.3 Å². The Balaban J connectivity index is 1.68. The molecule has 0 radical (unpaired) electrons. The number of anilines is 2. The second kappa shape index (κ2) is 6.18. The van der Waals surface area contributed by atoms with Crippen molar-refractivity contribution in [1.29, 1.82) is 0 Å². The van der Waals surface area contributed by atoms with E-state index in [9.17, 15) is 4.79 Å². The van der Waals surface area contributed by atoms with Crippen molar-refractivity contribution in [1.82, 2.24) is 5.32 Å². The van der Waals surface area contributed by atoms with Crippen LogP contribution in [-0.2, 0) is 6.42 Å². The van der Waals surface area contributed by atoms with Crippen molar-refractivity contribution in [2.24, 2.45) is 0 Å². The molecule has 1 aromatic carbocycles. The van der Waals surface area contributed by atoms with Crippen molar-refractivity contribution in [2.75, 3.05) is 17.7 Å². The molecule has 1 aliphatic rings. The number of fused-ring (bicyclic) bond motifs is 1. The van der Waals surface area contributed by atoms with Gasteiger partial charge in [0.15, 0.2) is 0 Å². The highest BCUT2D eigenvalue weighted by molar-refractivity contribution is 7.10. The fourth-order valence-electron chi connectivity index (χ4n) is 2.68. The molecule has 21 heavy (non-hydrogen) atoms. The molecule has 0 aliphatic heterocycles. The maximum atomic E-state index is 11.3. The summed E-state index contributed by atoms with van der Waals surface area (Å²) in [5, 5.41) is 11.1. The Morgan fingerprint density at radius 2 is 1.95 bits per heavy atom. The van der Waals surface area contributed by atoms with Crippen molar-refractivity contribution in [3.05, 3.63) is 46.2 Å². The molecule has 110 valence electrons. The van der Waals surface area contributed by atoms with E-state index >= 15 is 0 Å². The van der Waals surface area contributed by atoms with Gasteiger partial charge in [-0.3, -0.25) is 0 Å². The van der Waals surface area contributed by atoms with Crippen molar-refractivity contribution in [2.45, 2.75) is 25.3 Å². The summed E-state index contributed by atoms with van der Waals surface area (Å²) in [6, 6.07) is 10.3. The van der Waals surface area contributed by atoms with E-state index in [-0.39, 0.29) is 6.03 Å². The van der Waals surface area contributed by atoms with Gasteiger partial charge in [-0.2, -0.15) is 0 Å². The molecule has 0 saturated carbocycles. The summed E-state index contributed by atoms with van der Waals surface area (Å²) >= 11 is 1.86. The number of amides is 2. The highest BCUT2D eigenvalue weighted by atomic mass is 32.1. The fraction of sp³-hybridized carbons (Fsp3) is 0.312. The summed E-state index contributed by atoms with van der Waals surface area (Å²) in [7, 11) is 1.60. The van der Waals surface area contributed by atoms with Crippen molar-refractivity contribution in [3.8, 4) is 0 Å². The van der Waals surface area contributed by atoms with Crippen molar-refractivity contribution >= 4 is 28.7 Å². The van der Waals surface area contributed by atoms with Crippen LogP contribution in [0, 0.1) is 0 Å². The number of urea groups is 1. The zero-order chi connectivity index (χ0) is 14.7. The fourth-order valence-corrected chi connectivity index (χ4v) is 3.67. The zero-order valence-corrected chi connectivity index (χ0v) is 12.8. The second-order valence-corrected chi connectivity index (χ2v) is 6.17. The third-order valence-electron chi connectivity index (χ3n) is 3.76. The lowest BCUT2D eigenvalue weighted by molar-refractivity contribution is 0.254. The van der Waals surface area contributed by atoms with Crippen LogP contribution >= 0.6 is 11.3 Å². The first-order valence-electron chi connectivity index (χ1n) is 7.18. The van der Waals surface area contributed by atoms with Crippen molar-refractivity contribution < 1.29 is 4.79 Å². The number of hydrogen-bond acceptors (Lipinski definition) is 3. The first-order chi connectivity index (χ1) is 10.3. The van der Waals surface area contributed by atoms with Gasteiger partial charge < -0.3 is 16.0 Å². The molecule has 4 nitrogen and oxygen atoms in total. The van der Waals surface area contributed by atoms with E-state index in [0.29, 0.717) is 6.04 Å². The maximum Gasteiger partial charge on any atom is 0.318 e. The summed E-state index contributed by atoms with van der Waals surface area (Å²) in [5.41, 5.74) is 3.32. The molecule has 3 rings (SSSR count). The summed E-state index contributed by atoms with van der Waals surface area (Å²) in [6.07, 6.45) is 3.61. The van der Waals surface area contributed by atoms with Gasteiger partial charge in [-0.1, -0.05) is 0 Å². The molecular weight excluding hydrogens is 282 g/mol. The van der Waals surface area contributed by atoms with Crippen LogP contribution in [0.4, 0.5) is 16.2 Å². The number of thiophene rings is 1. The Hall–Kier alpha value is -2.01. The van der Waals surface area contributed by atoms with Crippen LogP contribution in [-0.4, -0.2) is 13.1 Å². The minimum atomic E-state index is -0.203. The lowest BCUT2D eigenvalue weighted by Crippen LogP contribution is -2.24. The molecule has 1 atom stereocenters. The van der Waals surface area contributed by atoms with Gasteiger partial charge in [-0.05, 0) is 60.5 Å². The van der Waals surface area contributed by atoms with E-state index in [1.165, 1.54) is 29.7 Å². The van der Waals surface area contributed by atoms with Gasteiger partial charge in [0, 0.05) is 23.3 Å². The molecule has 1 unspecified atom stereocenters.